The first-order valence-electron chi connectivity index (χ1n) is 10.6. The molecule has 39 heavy (non-hydrogen) atoms. The van der Waals surface area contributed by atoms with Crippen molar-refractivity contribution in [2.75, 3.05) is 0 Å². The predicted molar refractivity (Wildman–Crippen MR) is 110 cm³/mol. The number of benzene rings is 2. The van der Waals surface area contributed by atoms with E-state index in [1.807, 2.05) is 0 Å². The number of hydrogen-bond acceptors (Lipinski definition) is 2. The summed E-state index contributed by atoms with van der Waals surface area (Å²) in [7, 11) is 0. The van der Waals surface area contributed by atoms with Crippen molar-refractivity contribution in [2.45, 2.75) is 58.1 Å². The third-order valence-corrected chi connectivity index (χ3v) is 14.7. The summed E-state index contributed by atoms with van der Waals surface area (Å²) < 4.78 is 194. The molecule has 0 aliphatic heterocycles. The summed E-state index contributed by atoms with van der Waals surface area (Å²) in [4.78, 5) is 0. The van der Waals surface area contributed by atoms with Gasteiger partial charge in [-0.1, -0.05) is 0 Å². The minimum atomic E-state index is -7.31. The summed E-state index contributed by atoms with van der Waals surface area (Å²) in [5.74, 6) is -26.4. The Morgan fingerprint density at radius 3 is 1.00 bits per heavy atom. The summed E-state index contributed by atoms with van der Waals surface area (Å²) in [6.45, 7) is -2.21. The summed E-state index contributed by atoms with van der Waals surface area (Å²) in [6, 6.07) is 12.5. The molecule has 0 amide bonds. The van der Waals surface area contributed by atoms with Crippen LogP contribution in [0.3, 0.4) is 0 Å². The van der Waals surface area contributed by atoms with Crippen LogP contribution in [0.1, 0.15) is 11.1 Å². The van der Waals surface area contributed by atoms with Crippen molar-refractivity contribution in [3.63, 3.8) is 0 Å². The van der Waals surface area contributed by atoms with Crippen molar-refractivity contribution in [1.29, 1.82) is 0 Å². The Morgan fingerprint density at radius 2 is 0.744 bits per heavy atom. The van der Waals surface area contributed by atoms with Crippen molar-refractivity contribution in [1.82, 2.24) is 0 Å². The zero-order chi connectivity index (χ0) is 30.0. The molecular weight excluding hydrogens is 681 g/mol. The molecule has 0 aliphatic rings. The normalized spacial score (nSPS) is 14.5. The second-order valence-electron chi connectivity index (χ2n) is 8.37. The molecule has 2 nitrogen and oxygen atoms in total. The maximum absolute atomic E-state index is 14.5. The quantitative estimate of drug-likeness (QED) is 0.164. The second kappa shape index (κ2) is 11.6. The minimum absolute atomic E-state index is 0.0846. The van der Waals surface area contributed by atoms with Crippen LogP contribution >= 0.6 is 0 Å². The molecule has 0 fully saturated rings. The van der Waals surface area contributed by atoms with E-state index in [1.54, 1.807) is 0 Å². The third-order valence-electron chi connectivity index (χ3n) is 5.30. The molecule has 0 heterocycles. The van der Waals surface area contributed by atoms with E-state index in [1.165, 1.54) is 36.4 Å². The summed E-state index contributed by atoms with van der Waals surface area (Å²) >= 11 is -7.31. The average molecular weight is 699 g/mol. The summed E-state index contributed by atoms with van der Waals surface area (Å²) in [6.07, 6.45) is -13.9. The molecule has 0 spiro atoms. The molecule has 0 bridgehead atoms. The average Bonchev–Trinajstić information content (AvgIpc) is 2.81. The van der Waals surface area contributed by atoms with Gasteiger partial charge in [0.25, 0.3) is 0 Å². The van der Waals surface area contributed by atoms with Gasteiger partial charge >= 0.3 is 217 Å². The van der Waals surface area contributed by atoms with Crippen molar-refractivity contribution >= 4 is 19.2 Å². The van der Waals surface area contributed by atoms with Gasteiger partial charge in [0.05, 0.1) is 0 Å². The van der Waals surface area contributed by atoms with Gasteiger partial charge in [-0.2, -0.15) is 0 Å². The molecule has 0 atom stereocenters. The van der Waals surface area contributed by atoms with Crippen LogP contribution in [0, 0.1) is 0 Å². The van der Waals surface area contributed by atoms with Crippen LogP contribution in [0.25, 0.3) is 0 Å². The monoisotopic (exact) mass is 700 g/mol. The van der Waals surface area contributed by atoms with Crippen LogP contribution < -0.4 is 0 Å². The van der Waals surface area contributed by atoms with Gasteiger partial charge in [-0.3, -0.25) is 0 Å². The number of halogens is 14. The molecular formula is C22H18F14O2Sn. The van der Waals surface area contributed by atoms with Gasteiger partial charge in [-0.05, 0) is 0 Å². The fourth-order valence-electron chi connectivity index (χ4n) is 3.20. The Morgan fingerprint density at radius 1 is 0.462 bits per heavy atom. The van der Waals surface area contributed by atoms with Gasteiger partial charge < -0.3 is 0 Å². The Balaban J connectivity index is 2.66. The van der Waals surface area contributed by atoms with Crippen LogP contribution in [0.4, 0.5) is 61.5 Å². The topological polar surface area (TPSA) is 18.5 Å². The molecule has 17 heteroatoms. The standard InChI is InChI=1S/2C7H7O.2C4H2F7.Sn/c2*8-6-7-4-2-1-3-5-7;2*1-2(5,6)3(7,8)4(9,10)11;/h2*1-5H,6H2;2*1H2;/q2*-1;;;+2. The van der Waals surface area contributed by atoms with Crippen LogP contribution in [-0.4, -0.2) is 55.2 Å². The van der Waals surface area contributed by atoms with Crippen LogP contribution in [-0.2, 0) is 19.4 Å². The van der Waals surface area contributed by atoms with E-state index in [4.69, 9.17) is 6.15 Å². The van der Waals surface area contributed by atoms with Gasteiger partial charge in [-0.15, -0.1) is 0 Å². The van der Waals surface area contributed by atoms with Crippen LogP contribution in [0.15, 0.2) is 60.7 Å². The fraction of sp³-hybridized carbons (Fsp3) is 0.455. The first-order chi connectivity index (χ1) is 17.6. The van der Waals surface area contributed by atoms with E-state index >= 15 is 0 Å². The van der Waals surface area contributed by atoms with E-state index in [9.17, 15) is 61.5 Å². The van der Waals surface area contributed by atoms with Crippen molar-refractivity contribution in [3.8, 4) is 0 Å². The van der Waals surface area contributed by atoms with Crippen LogP contribution in [0.5, 0.6) is 0 Å². The fourth-order valence-corrected chi connectivity index (χ4v) is 12.5. The molecule has 2 aromatic carbocycles. The number of hydrogen-bond donors (Lipinski definition) is 0. The van der Waals surface area contributed by atoms with Gasteiger partial charge in [0, 0.05) is 0 Å². The van der Waals surface area contributed by atoms with E-state index in [-0.39, 0.29) is 11.1 Å². The zero-order valence-electron chi connectivity index (χ0n) is 19.2. The summed E-state index contributed by atoms with van der Waals surface area (Å²) in [5.41, 5.74) is -0.169. The van der Waals surface area contributed by atoms with Gasteiger partial charge in [-0.25, -0.2) is 0 Å². The van der Waals surface area contributed by atoms with Crippen molar-refractivity contribution in [2.24, 2.45) is 0 Å². The van der Waals surface area contributed by atoms with Gasteiger partial charge in [0.15, 0.2) is 0 Å². The molecule has 2 aromatic rings. The molecule has 220 valence electrons. The molecule has 0 unspecified atom stereocenters. The Labute approximate surface area is 216 Å². The number of rotatable bonds is 12. The molecule has 0 N–H and O–H groups in total. The predicted octanol–water partition coefficient (Wildman–Crippen LogP) is 8.53. The molecule has 0 aromatic heterocycles. The first kappa shape index (κ1) is 33.4. The maximum atomic E-state index is 14.5. The second-order valence-corrected chi connectivity index (χ2v) is 17.2. The van der Waals surface area contributed by atoms with E-state index in [0.717, 1.165) is 24.3 Å². The van der Waals surface area contributed by atoms with Crippen LogP contribution in [0.2, 0.25) is 8.87 Å². The Bertz CT molecular complexity index is 970. The first-order valence-corrected chi connectivity index (χ1v) is 16.9. The van der Waals surface area contributed by atoms with E-state index in [0.29, 0.717) is 0 Å². The summed E-state index contributed by atoms with van der Waals surface area (Å²) in [5, 5.41) is 0. The van der Waals surface area contributed by atoms with Gasteiger partial charge in [0.2, 0.25) is 0 Å². The molecule has 0 saturated carbocycles. The Kier molecular flexibility index (Phi) is 9.91. The number of alkyl halides is 14. The van der Waals surface area contributed by atoms with Crippen molar-refractivity contribution < 1.29 is 67.6 Å². The molecule has 0 radical (unpaired) electrons. The molecule has 0 aliphatic carbocycles. The Hall–Kier alpha value is -1.82. The van der Waals surface area contributed by atoms with E-state index in [2.05, 4.69) is 0 Å². The van der Waals surface area contributed by atoms with Crippen molar-refractivity contribution in [3.05, 3.63) is 71.8 Å². The van der Waals surface area contributed by atoms with E-state index < -0.39 is 77.3 Å². The molecule has 0 saturated heterocycles. The SMILES string of the molecule is FC(F)(F)C(F)(F)C(F)(F)[CH2][Sn]([CH2]C(F)(F)C(F)(F)C(F)(F)F)([O]Cc1ccccc1)[O]Cc1ccccc1. The zero-order valence-corrected chi connectivity index (χ0v) is 22.1. The van der Waals surface area contributed by atoms with Gasteiger partial charge in [0.1, 0.15) is 0 Å². The third kappa shape index (κ3) is 7.68. The molecule has 2 rings (SSSR count).